The molecule has 0 amide bonds. The van der Waals surface area contributed by atoms with Crippen LogP contribution >= 0.6 is 11.3 Å². The van der Waals surface area contributed by atoms with E-state index >= 15 is 0 Å². The zero-order chi connectivity index (χ0) is 15.6. The molecule has 3 aromatic rings. The third-order valence-electron chi connectivity index (χ3n) is 3.86. The predicted molar refractivity (Wildman–Crippen MR) is 92.9 cm³/mol. The summed E-state index contributed by atoms with van der Waals surface area (Å²) in [6, 6.07) is 21.3. The first-order valence-corrected chi connectivity index (χ1v) is 8.31. The van der Waals surface area contributed by atoms with Gasteiger partial charge < -0.3 is 4.74 Å². The van der Waals surface area contributed by atoms with Crippen LogP contribution in [0.2, 0.25) is 0 Å². The Morgan fingerprint density at radius 2 is 1.70 bits per heavy atom. The van der Waals surface area contributed by atoms with Crippen molar-refractivity contribution < 1.29 is 9.53 Å². The van der Waals surface area contributed by atoms with E-state index < -0.39 is 0 Å². The third kappa shape index (κ3) is 2.60. The normalized spacial score (nSPS) is 18.5. The summed E-state index contributed by atoms with van der Waals surface area (Å²) in [5, 5.41) is 2.01. The van der Waals surface area contributed by atoms with Crippen molar-refractivity contribution in [3.05, 3.63) is 93.7 Å². The summed E-state index contributed by atoms with van der Waals surface area (Å²) in [5.41, 5.74) is 2.29. The molecule has 2 aromatic carbocycles. The van der Waals surface area contributed by atoms with Gasteiger partial charge in [-0.3, -0.25) is 4.79 Å². The number of Topliss-reactive ketones (excluding diaryl/α,β-unsaturated/α-hetero) is 1. The molecule has 0 unspecified atom stereocenters. The van der Waals surface area contributed by atoms with Crippen LogP contribution in [0.4, 0.5) is 0 Å². The van der Waals surface area contributed by atoms with Crippen LogP contribution in [0.5, 0.6) is 5.75 Å². The van der Waals surface area contributed by atoms with Crippen molar-refractivity contribution in [3.8, 4) is 5.75 Å². The van der Waals surface area contributed by atoms with Gasteiger partial charge >= 0.3 is 0 Å². The topological polar surface area (TPSA) is 26.3 Å². The van der Waals surface area contributed by atoms with Crippen LogP contribution in [-0.2, 0) is 0 Å². The zero-order valence-electron chi connectivity index (χ0n) is 12.3. The predicted octanol–water partition coefficient (Wildman–Crippen LogP) is 5.15. The Bertz CT molecular complexity index is 864. The highest BCUT2D eigenvalue weighted by atomic mass is 32.1. The van der Waals surface area contributed by atoms with Gasteiger partial charge in [-0.05, 0) is 35.2 Å². The lowest BCUT2D eigenvalue weighted by atomic mass is 9.90. The number of hydrogen-bond acceptors (Lipinski definition) is 3. The molecule has 23 heavy (non-hydrogen) atoms. The molecule has 3 heteroatoms. The van der Waals surface area contributed by atoms with E-state index in [1.54, 1.807) is 11.3 Å². The molecule has 1 atom stereocenters. The minimum Gasteiger partial charge on any atom is -0.480 e. The second-order valence-electron chi connectivity index (χ2n) is 5.35. The fourth-order valence-electron chi connectivity index (χ4n) is 2.77. The van der Waals surface area contributed by atoms with Gasteiger partial charge in [0.25, 0.3) is 0 Å². The lowest BCUT2D eigenvalue weighted by Crippen LogP contribution is -2.23. The fraction of sp³-hybridized carbons (Fsp3) is 0.0500. The zero-order valence-corrected chi connectivity index (χ0v) is 13.1. The van der Waals surface area contributed by atoms with Crippen LogP contribution in [0.15, 0.2) is 77.7 Å². The van der Waals surface area contributed by atoms with E-state index in [1.807, 2.05) is 78.2 Å². The summed E-state index contributed by atoms with van der Waals surface area (Å²) in [7, 11) is 0. The van der Waals surface area contributed by atoms with Gasteiger partial charge in [-0.2, -0.15) is 0 Å². The Balaban J connectivity index is 1.87. The summed E-state index contributed by atoms with van der Waals surface area (Å²) in [6.45, 7) is 0. The van der Waals surface area contributed by atoms with Crippen molar-refractivity contribution in [2.75, 3.05) is 0 Å². The average Bonchev–Trinajstić information content (AvgIpc) is 3.11. The molecular weight excluding hydrogens is 304 g/mol. The number of thiophene rings is 1. The molecule has 4 rings (SSSR count). The number of hydrogen-bond donors (Lipinski definition) is 0. The largest absolute Gasteiger partial charge is 0.480 e. The smallest absolute Gasteiger partial charge is 0.196 e. The third-order valence-corrected chi connectivity index (χ3v) is 4.68. The minimum atomic E-state index is -0.374. The van der Waals surface area contributed by atoms with E-state index in [2.05, 4.69) is 0 Å². The summed E-state index contributed by atoms with van der Waals surface area (Å²) in [5.74, 6) is 0.684. The van der Waals surface area contributed by atoms with E-state index in [-0.39, 0.29) is 11.9 Å². The quantitative estimate of drug-likeness (QED) is 0.611. The standard InChI is InChI=1S/C20H14O2S/c21-19-16-10-4-5-11-18(16)22-20(14-7-2-1-3-8-14)17(19)13-15-9-6-12-23-15/h1-13,20H/b17-13+/t20-/m0/s1. The maximum absolute atomic E-state index is 13.0. The molecule has 112 valence electrons. The second kappa shape index (κ2) is 5.86. The number of carbonyl (C=O) groups is 1. The fourth-order valence-corrected chi connectivity index (χ4v) is 3.43. The van der Waals surface area contributed by atoms with Gasteiger partial charge in [0.2, 0.25) is 0 Å². The molecule has 1 aromatic heterocycles. The molecule has 0 saturated carbocycles. The van der Waals surface area contributed by atoms with Crippen LogP contribution < -0.4 is 4.74 Å². The summed E-state index contributed by atoms with van der Waals surface area (Å²) in [4.78, 5) is 14.0. The molecule has 0 spiro atoms. The molecule has 1 aliphatic rings. The number of ether oxygens (including phenoxy) is 1. The van der Waals surface area contributed by atoms with E-state index in [0.717, 1.165) is 10.4 Å². The van der Waals surface area contributed by atoms with Gasteiger partial charge in [-0.25, -0.2) is 0 Å². The van der Waals surface area contributed by atoms with Crippen LogP contribution in [0, 0.1) is 0 Å². The number of rotatable bonds is 2. The first kappa shape index (κ1) is 14.0. The van der Waals surface area contributed by atoms with Crippen LogP contribution in [0.1, 0.15) is 26.9 Å². The molecule has 1 aliphatic heterocycles. The van der Waals surface area contributed by atoms with E-state index in [9.17, 15) is 4.79 Å². The lowest BCUT2D eigenvalue weighted by Gasteiger charge is -2.28. The first-order valence-electron chi connectivity index (χ1n) is 7.43. The van der Waals surface area contributed by atoms with Crippen LogP contribution in [0.25, 0.3) is 6.08 Å². The highest BCUT2D eigenvalue weighted by molar-refractivity contribution is 7.10. The van der Waals surface area contributed by atoms with Crippen LogP contribution in [-0.4, -0.2) is 5.78 Å². The Labute approximate surface area is 138 Å². The van der Waals surface area contributed by atoms with Gasteiger partial charge in [0.1, 0.15) is 5.75 Å². The Kier molecular flexibility index (Phi) is 3.56. The van der Waals surface area contributed by atoms with Gasteiger partial charge in [0.05, 0.1) is 5.56 Å². The second-order valence-corrected chi connectivity index (χ2v) is 6.33. The van der Waals surface area contributed by atoms with Gasteiger partial charge in [0, 0.05) is 10.5 Å². The monoisotopic (exact) mass is 318 g/mol. The van der Waals surface area contributed by atoms with Gasteiger partial charge in [0.15, 0.2) is 11.9 Å². The molecule has 0 fully saturated rings. The Morgan fingerprint density at radius 3 is 2.48 bits per heavy atom. The van der Waals surface area contributed by atoms with Gasteiger partial charge in [-0.1, -0.05) is 48.5 Å². The van der Waals surface area contributed by atoms with Crippen molar-refractivity contribution in [2.24, 2.45) is 0 Å². The summed E-state index contributed by atoms with van der Waals surface area (Å²) in [6.07, 6.45) is 1.57. The highest BCUT2D eigenvalue weighted by Gasteiger charge is 2.32. The average molecular weight is 318 g/mol. The molecule has 2 nitrogen and oxygen atoms in total. The van der Waals surface area contributed by atoms with Gasteiger partial charge in [-0.15, -0.1) is 11.3 Å². The van der Waals surface area contributed by atoms with Crippen molar-refractivity contribution in [3.63, 3.8) is 0 Å². The number of carbonyl (C=O) groups excluding carboxylic acids is 1. The SMILES string of the molecule is O=C1/C(=C\c2cccs2)[C@H](c2ccccc2)Oc2ccccc21. The molecule has 2 heterocycles. The highest BCUT2D eigenvalue weighted by Crippen LogP contribution is 2.39. The molecule has 0 radical (unpaired) electrons. The summed E-state index contributed by atoms with van der Waals surface area (Å²) < 4.78 is 6.17. The number of ketones is 1. The molecule has 0 saturated heterocycles. The van der Waals surface area contributed by atoms with E-state index in [0.29, 0.717) is 16.9 Å². The molecule has 0 aliphatic carbocycles. The minimum absolute atomic E-state index is 0.0362. The maximum atomic E-state index is 13.0. The van der Waals surface area contributed by atoms with Crippen molar-refractivity contribution in [1.29, 1.82) is 0 Å². The number of benzene rings is 2. The van der Waals surface area contributed by atoms with Crippen molar-refractivity contribution >= 4 is 23.2 Å². The number of fused-ring (bicyclic) bond motifs is 1. The number of para-hydroxylation sites is 1. The van der Waals surface area contributed by atoms with E-state index in [4.69, 9.17) is 4.74 Å². The van der Waals surface area contributed by atoms with E-state index in [1.165, 1.54) is 0 Å². The maximum Gasteiger partial charge on any atom is 0.196 e. The van der Waals surface area contributed by atoms with Crippen LogP contribution in [0.3, 0.4) is 0 Å². The molecule has 0 bridgehead atoms. The Morgan fingerprint density at radius 1 is 0.913 bits per heavy atom. The molecule has 0 N–H and O–H groups in total. The van der Waals surface area contributed by atoms with Crippen molar-refractivity contribution in [2.45, 2.75) is 6.10 Å². The summed E-state index contributed by atoms with van der Waals surface area (Å²) >= 11 is 1.61. The first-order chi connectivity index (χ1) is 11.3. The van der Waals surface area contributed by atoms with Crippen molar-refractivity contribution in [1.82, 2.24) is 0 Å². The Hall–Kier alpha value is -2.65. The molecular formula is C20H14O2S. The lowest BCUT2D eigenvalue weighted by molar-refractivity contribution is 0.0963.